The molecule has 0 aliphatic heterocycles. The number of carbonyl (C=O) groups is 1. The van der Waals surface area contributed by atoms with Gasteiger partial charge in [-0.15, -0.1) is 0 Å². The highest BCUT2D eigenvalue weighted by Gasteiger charge is 2.12. The van der Waals surface area contributed by atoms with Gasteiger partial charge in [0.25, 0.3) is 0 Å². The normalized spacial score (nSPS) is 10.8. The second-order valence-electron chi connectivity index (χ2n) is 4.02. The average molecular weight is 275 g/mol. The average Bonchev–Trinajstić information content (AvgIpc) is 2.81. The molecule has 5 heteroatoms. The molecule has 0 radical (unpaired) electrons. The number of benzene rings is 1. The summed E-state index contributed by atoms with van der Waals surface area (Å²) in [6.45, 7) is 0. The number of halogens is 2. The standard InChI is InChI=1S/C14H8ClFN2O/c15-10-7-9(4-5-11(10)16)14-17-12(8-19)13-3-1-2-6-18(13)14/h1-8H. The van der Waals surface area contributed by atoms with Crippen LogP contribution >= 0.6 is 11.6 Å². The van der Waals surface area contributed by atoms with Crippen LogP contribution in [0.5, 0.6) is 0 Å². The first-order valence-corrected chi connectivity index (χ1v) is 5.96. The second kappa shape index (κ2) is 4.48. The molecule has 19 heavy (non-hydrogen) atoms. The monoisotopic (exact) mass is 274 g/mol. The minimum absolute atomic E-state index is 0.0258. The van der Waals surface area contributed by atoms with Gasteiger partial charge in [0, 0.05) is 11.8 Å². The highest BCUT2D eigenvalue weighted by Crippen LogP contribution is 2.26. The molecule has 94 valence electrons. The first-order chi connectivity index (χ1) is 9.20. The van der Waals surface area contributed by atoms with Crippen LogP contribution < -0.4 is 0 Å². The molecule has 0 N–H and O–H groups in total. The Morgan fingerprint density at radius 2 is 2.11 bits per heavy atom. The quantitative estimate of drug-likeness (QED) is 0.669. The zero-order valence-electron chi connectivity index (χ0n) is 9.68. The summed E-state index contributed by atoms with van der Waals surface area (Å²) in [4.78, 5) is 15.3. The number of carbonyl (C=O) groups excluding carboxylic acids is 1. The summed E-state index contributed by atoms with van der Waals surface area (Å²) in [5.41, 5.74) is 1.70. The zero-order valence-corrected chi connectivity index (χ0v) is 10.4. The predicted molar refractivity (Wildman–Crippen MR) is 71.0 cm³/mol. The lowest BCUT2D eigenvalue weighted by Gasteiger charge is -2.02. The Morgan fingerprint density at radius 1 is 1.26 bits per heavy atom. The fourth-order valence-electron chi connectivity index (χ4n) is 1.99. The minimum Gasteiger partial charge on any atom is -0.299 e. The Morgan fingerprint density at radius 3 is 2.84 bits per heavy atom. The van der Waals surface area contributed by atoms with Crippen molar-refractivity contribution in [3.05, 3.63) is 59.1 Å². The minimum atomic E-state index is -0.484. The zero-order chi connectivity index (χ0) is 13.4. The molecule has 2 aromatic heterocycles. The number of rotatable bonds is 2. The molecule has 0 aliphatic rings. The Bertz CT molecular complexity index is 782. The predicted octanol–water partition coefficient (Wildman–Crippen LogP) is 3.61. The molecule has 0 atom stereocenters. The van der Waals surface area contributed by atoms with Crippen molar-refractivity contribution in [2.24, 2.45) is 0 Å². The van der Waals surface area contributed by atoms with Crippen LogP contribution in [-0.4, -0.2) is 15.7 Å². The van der Waals surface area contributed by atoms with E-state index < -0.39 is 5.82 Å². The van der Waals surface area contributed by atoms with E-state index in [-0.39, 0.29) is 5.02 Å². The first kappa shape index (κ1) is 11.9. The van der Waals surface area contributed by atoms with Crippen LogP contribution in [0.15, 0.2) is 42.6 Å². The van der Waals surface area contributed by atoms with Crippen LogP contribution in [0.25, 0.3) is 16.9 Å². The summed E-state index contributed by atoms with van der Waals surface area (Å²) in [6, 6.07) is 9.81. The topological polar surface area (TPSA) is 34.4 Å². The van der Waals surface area contributed by atoms with Crippen molar-refractivity contribution < 1.29 is 9.18 Å². The lowest BCUT2D eigenvalue weighted by atomic mass is 10.2. The molecule has 3 aromatic rings. The number of imidazole rings is 1. The van der Waals surface area contributed by atoms with Crippen LogP contribution in [0.1, 0.15) is 10.5 Å². The Balaban J connectivity index is 2.30. The van der Waals surface area contributed by atoms with Gasteiger partial charge in [-0.3, -0.25) is 9.20 Å². The molecule has 3 rings (SSSR count). The van der Waals surface area contributed by atoms with Gasteiger partial charge >= 0.3 is 0 Å². The van der Waals surface area contributed by atoms with Crippen LogP contribution in [0.4, 0.5) is 4.39 Å². The van der Waals surface area contributed by atoms with Gasteiger partial charge in [0.05, 0.1) is 10.5 Å². The van der Waals surface area contributed by atoms with Crippen molar-refractivity contribution in [1.82, 2.24) is 9.38 Å². The molecular weight excluding hydrogens is 267 g/mol. The van der Waals surface area contributed by atoms with E-state index in [0.29, 0.717) is 28.9 Å². The summed E-state index contributed by atoms with van der Waals surface area (Å²) < 4.78 is 15.0. The van der Waals surface area contributed by atoms with Crippen molar-refractivity contribution in [2.45, 2.75) is 0 Å². The lowest BCUT2D eigenvalue weighted by molar-refractivity contribution is 0.112. The van der Waals surface area contributed by atoms with Gasteiger partial charge in [-0.05, 0) is 30.3 Å². The Hall–Kier alpha value is -2.20. The summed E-state index contributed by atoms with van der Waals surface area (Å²) in [6.07, 6.45) is 2.49. The molecular formula is C14H8ClFN2O. The van der Waals surface area contributed by atoms with Gasteiger partial charge in [-0.25, -0.2) is 9.37 Å². The number of aromatic nitrogens is 2. The number of hydrogen-bond acceptors (Lipinski definition) is 2. The van der Waals surface area contributed by atoms with E-state index in [0.717, 1.165) is 0 Å². The van der Waals surface area contributed by atoms with E-state index in [1.165, 1.54) is 12.1 Å². The van der Waals surface area contributed by atoms with Crippen LogP contribution in [0, 0.1) is 5.82 Å². The molecule has 3 nitrogen and oxygen atoms in total. The van der Waals surface area contributed by atoms with E-state index in [1.807, 2.05) is 12.1 Å². The van der Waals surface area contributed by atoms with E-state index in [2.05, 4.69) is 4.98 Å². The maximum absolute atomic E-state index is 13.2. The first-order valence-electron chi connectivity index (χ1n) is 5.58. The number of aldehydes is 1. The highest BCUT2D eigenvalue weighted by molar-refractivity contribution is 6.31. The number of pyridine rings is 1. The molecule has 0 unspecified atom stereocenters. The van der Waals surface area contributed by atoms with Gasteiger partial charge in [-0.2, -0.15) is 0 Å². The third-order valence-corrected chi connectivity index (χ3v) is 3.16. The van der Waals surface area contributed by atoms with E-state index >= 15 is 0 Å². The largest absolute Gasteiger partial charge is 0.299 e. The fraction of sp³-hybridized carbons (Fsp3) is 0. The van der Waals surface area contributed by atoms with E-state index in [4.69, 9.17) is 11.6 Å². The van der Waals surface area contributed by atoms with Crippen molar-refractivity contribution in [1.29, 1.82) is 0 Å². The molecule has 0 bridgehead atoms. The summed E-state index contributed by atoms with van der Waals surface area (Å²) >= 11 is 5.77. The lowest BCUT2D eigenvalue weighted by Crippen LogP contribution is -1.89. The molecule has 0 spiro atoms. The van der Waals surface area contributed by atoms with Crippen molar-refractivity contribution in [3.8, 4) is 11.4 Å². The molecule has 0 fully saturated rings. The third kappa shape index (κ3) is 1.90. The van der Waals surface area contributed by atoms with E-state index in [9.17, 15) is 9.18 Å². The molecule has 0 aliphatic carbocycles. The van der Waals surface area contributed by atoms with Crippen LogP contribution in [0.2, 0.25) is 5.02 Å². The summed E-state index contributed by atoms with van der Waals surface area (Å²) in [7, 11) is 0. The number of hydrogen-bond donors (Lipinski definition) is 0. The van der Waals surface area contributed by atoms with Crippen LogP contribution in [-0.2, 0) is 0 Å². The van der Waals surface area contributed by atoms with Gasteiger partial charge in [0.1, 0.15) is 17.3 Å². The van der Waals surface area contributed by atoms with Gasteiger partial charge in [0.15, 0.2) is 6.29 Å². The molecule has 0 amide bonds. The van der Waals surface area contributed by atoms with Crippen molar-refractivity contribution in [3.63, 3.8) is 0 Å². The van der Waals surface area contributed by atoms with Gasteiger partial charge in [-0.1, -0.05) is 17.7 Å². The molecule has 1 aromatic carbocycles. The van der Waals surface area contributed by atoms with Gasteiger partial charge in [0.2, 0.25) is 0 Å². The smallest absolute Gasteiger partial charge is 0.170 e. The fourth-order valence-corrected chi connectivity index (χ4v) is 2.17. The molecule has 0 saturated heterocycles. The highest BCUT2D eigenvalue weighted by atomic mass is 35.5. The van der Waals surface area contributed by atoms with Crippen molar-refractivity contribution >= 4 is 23.4 Å². The molecule has 0 saturated carbocycles. The number of nitrogens with zero attached hydrogens (tertiary/aromatic N) is 2. The van der Waals surface area contributed by atoms with E-state index in [1.54, 1.807) is 22.7 Å². The van der Waals surface area contributed by atoms with Gasteiger partial charge < -0.3 is 0 Å². The maximum atomic E-state index is 13.2. The Labute approximate surface area is 113 Å². The second-order valence-corrected chi connectivity index (χ2v) is 4.43. The molecule has 2 heterocycles. The SMILES string of the molecule is O=Cc1nc(-c2ccc(F)c(Cl)c2)n2ccccc12. The van der Waals surface area contributed by atoms with Crippen LogP contribution in [0.3, 0.4) is 0 Å². The summed E-state index contributed by atoms with van der Waals surface area (Å²) in [5, 5.41) is 0.0258. The number of fused-ring (bicyclic) bond motifs is 1. The van der Waals surface area contributed by atoms with Crippen molar-refractivity contribution in [2.75, 3.05) is 0 Å². The maximum Gasteiger partial charge on any atom is 0.170 e. The summed E-state index contributed by atoms with van der Waals surface area (Å²) in [5.74, 6) is 0.0708. The Kier molecular flexibility index (Phi) is 2.80. The third-order valence-electron chi connectivity index (χ3n) is 2.87.